The van der Waals surface area contributed by atoms with Crippen LogP contribution in [0.25, 0.3) is 284 Å². The Morgan fingerprint density at radius 2 is 0.555 bits per heavy atom. The molecule has 0 unspecified atom stereocenters. The van der Waals surface area contributed by atoms with Crippen LogP contribution in [-0.2, 0) is 0 Å². The predicted octanol–water partition coefficient (Wildman–Crippen LogP) is 33.3. The number of rotatable bonds is 16. The van der Waals surface area contributed by atoms with Gasteiger partial charge >= 0.3 is 0 Å². The molecule has 0 fully saturated rings. The van der Waals surface area contributed by atoms with Gasteiger partial charge in [-0.2, -0.15) is 15.0 Å². The van der Waals surface area contributed by atoms with Crippen LogP contribution in [0.15, 0.2) is 465 Å². The normalized spacial score (nSPS) is 11.9. The van der Waals surface area contributed by atoms with Gasteiger partial charge in [-0.05, 0) is 189 Å². The minimum absolute atomic E-state index is 0.0687. The Kier molecular flexibility index (Phi) is 19.4. The largest absolute Gasteiger partial charge is 0.455 e. The summed E-state index contributed by atoms with van der Waals surface area (Å²) in [5.41, 5.74) is 33.2. The third-order valence-corrected chi connectivity index (χ3v) is 29.1. The minimum Gasteiger partial charge on any atom is -0.455 e. The van der Waals surface area contributed by atoms with Gasteiger partial charge in [0.25, 0.3) is 0 Å². The van der Waals surface area contributed by atoms with E-state index in [9.17, 15) is 0 Å². The number of furan rings is 1. The van der Waals surface area contributed by atoms with Gasteiger partial charge in [0.15, 0.2) is 28.9 Å². The maximum atomic E-state index is 7.12. The number of fused-ring (bicyclic) bond motifs is 18. The summed E-state index contributed by atoms with van der Waals surface area (Å²) >= 11 is 13.8. The molecule has 0 amide bonds. The number of benzene rings is 19. The molecule has 146 heavy (non-hydrogen) atoms. The molecule has 0 bridgehead atoms. The van der Waals surface area contributed by atoms with Crippen molar-refractivity contribution in [3.63, 3.8) is 0 Å². The Labute approximate surface area is 844 Å². The second kappa shape index (κ2) is 33.8. The van der Waals surface area contributed by atoms with Crippen LogP contribution >= 0.6 is 23.2 Å². The number of para-hydroxylation sites is 5. The number of nitrogens with zero attached hydrogens (tertiary/aromatic N) is 14. The van der Waals surface area contributed by atoms with Crippen molar-refractivity contribution in [1.29, 1.82) is 0 Å². The van der Waals surface area contributed by atoms with E-state index in [1.807, 2.05) is 109 Å². The fourth-order valence-corrected chi connectivity index (χ4v) is 22.4. The van der Waals surface area contributed by atoms with Crippen LogP contribution in [-0.4, -0.2) is 67.7 Å². The van der Waals surface area contributed by atoms with E-state index in [-0.39, 0.29) is 10.4 Å². The molecular formula is C129H76Cl2N14O. The zero-order valence-electron chi connectivity index (χ0n) is 77.8. The Hall–Kier alpha value is -19.2. The molecule has 17 heteroatoms. The van der Waals surface area contributed by atoms with Crippen LogP contribution < -0.4 is 0 Å². The van der Waals surface area contributed by atoms with Crippen LogP contribution in [0.5, 0.6) is 0 Å². The van der Waals surface area contributed by atoms with E-state index < -0.39 is 0 Å². The fourth-order valence-electron chi connectivity index (χ4n) is 21.9. The average Bonchev–Trinajstić information content (AvgIpc) is 1.53. The van der Waals surface area contributed by atoms with E-state index in [0.29, 0.717) is 34.9 Å². The van der Waals surface area contributed by atoms with E-state index >= 15 is 0 Å². The zero-order valence-corrected chi connectivity index (χ0v) is 79.3. The lowest BCUT2D eigenvalue weighted by molar-refractivity contribution is 0.670. The average molecular weight is 1910 g/mol. The molecule has 0 saturated carbocycles. The fraction of sp³-hybridized carbons (Fsp3) is 0. The van der Waals surface area contributed by atoms with Gasteiger partial charge in [0.2, 0.25) is 11.2 Å². The van der Waals surface area contributed by atoms with Crippen molar-refractivity contribution < 1.29 is 4.42 Å². The van der Waals surface area contributed by atoms with Gasteiger partial charge in [0.05, 0.1) is 60.8 Å². The van der Waals surface area contributed by atoms with Gasteiger partial charge < -0.3 is 13.6 Å². The molecule has 19 aromatic carbocycles. The number of hydrogen-bond acceptors (Lipinski definition) is 10. The van der Waals surface area contributed by atoms with Gasteiger partial charge in [-0.25, -0.2) is 29.9 Å². The van der Waals surface area contributed by atoms with E-state index in [0.717, 1.165) is 238 Å². The molecule has 0 saturated heterocycles. The van der Waals surface area contributed by atoms with Crippen LogP contribution in [0.4, 0.5) is 0 Å². The summed E-state index contributed by atoms with van der Waals surface area (Å²) in [5.74, 6) is 2.78. The zero-order chi connectivity index (χ0) is 96.3. The first-order chi connectivity index (χ1) is 72.2. The maximum absolute atomic E-state index is 7.12. The minimum atomic E-state index is 0.0687. The van der Waals surface area contributed by atoms with Crippen LogP contribution in [0.3, 0.4) is 0 Å². The van der Waals surface area contributed by atoms with Crippen LogP contribution in [0.2, 0.25) is 10.4 Å². The quantitative estimate of drug-likeness (QED) is 0.0674. The molecule has 15 nitrogen and oxygen atoms in total. The summed E-state index contributed by atoms with van der Waals surface area (Å²) in [4.78, 5) is 47.2. The molecule has 0 atom stereocenters. The molecule has 10 aromatic heterocycles. The van der Waals surface area contributed by atoms with E-state index in [4.69, 9.17) is 67.5 Å². The Morgan fingerprint density at radius 3 is 1.09 bits per heavy atom. The molecule has 0 radical (unpaired) electrons. The first-order valence-electron chi connectivity index (χ1n) is 48.6. The molecule has 0 N–H and O–H groups in total. The van der Waals surface area contributed by atoms with Crippen LogP contribution in [0.1, 0.15) is 0 Å². The van der Waals surface area contributed by atoms with E-state index in [1.165, 1.54) is 10.8 Å². The molecular weight excluding hydrogens is 1830 g/mol. The van der Waals surface area contributed by atoms with Crippen LogP contribution in [0, 0.1) is 0 Å². The maximum Gasteiger partial charge on any atom is 0.238 e. The highest BCUT2D eigenvalue weighted by molar-refractivity contribution is 6.38. The highest BCUT2D eigenvalue weighted by Crippen LogP contribution is 2.49. The highest BCUT2D eigenvalue weighted by Gasteiger charge is 2.30. The van der Waals surface area contributed by atoms with Crippen molar-refractivity contribution in [1.82, 2.24) is 67.7 Å². The Morgan fingerprint density at radius 1 is 0.199 bits per heavy atom. The number of aromatic nitrogens is 14. The lowest BCUT2D eigenvalue weighted by Gasteiger charge is -2.13. The van der Waals surface area contributed by atoms with Crippen molar-refractivity contribution in [2.45, 2.75) is 0 Å². The lowest BCUT2D eigenvalue weighted by Crippen LogP contribution is -2.07. The van der Waals surface area contributed by atoms with Crippen molar-refractivity contribution in [2.24, 2.45) is 0 Å². The van der Waals surface area contributed by atoms with E-state index in [2.05, 4.69) is 380 Å². The summed E-state index contributed by atoms with van der Waals surface area (Å²) in [6.07, 6.45) is 0. The van der Waals surface area contributed by atoms with Crippen molar-refractivity contribution in [3.8, 4) is 152 Å². The van der Waals surface area contributed by atoms with E-state index in [1.54, 1.807) is 0 Å². The van der Waals surface area contributed by atoms with Gasteiger partial charge in [-0.3, -0.25) is 13.7 Å². The third kappa shape index (κ3) is 13.7. The molecule has 29 rings (SSSR count). The summed E-state index contributed by atoms with van der Waals surface area (Å²) in [6, 6.07) is 162. The summed E-state index contributed by atoms with van der Waals surface area (Å²) in [5, 5.41) is 11.6. The topological polar surface area (TPSA) is 154 Å². The van der Waals surface area contributed by atoms with Gasteiger partial charge in [-0.15, -0.1) is 0 Å². The van der Waals surface area contributed by atoms with Crippen molar-refractivity contribution in [2.75, 3.05) is 0 Å². The highest BCUT2D eigenvalue weighted by atomic mass is 35.5. The third-order valence-electron chi connectivity index (χ3n) is 28.7. The van der Waals surface area contributed by atoms with Crippen molar-refractivity contribution >= 4 is 155 Å². The monoisotopic (exact) mass is 1910 g/mol. The summed E-state index contributed by atoms with van der Waals surface area (Å²) in [6.45, 7) is 0. The molecule has 0 aliphatic rings. The SMILES string of the molecule is Clc1nc(Cl)c2c3cc(-c4ccc5c(c4)c4ccccc4n5-c4ccccc4)ccc3n(-c3ccc(-c4ccc(-c5nc(-c6ccccc6)nc6c5c5ccccc5n6-c5ccc(-c6ccc(-c7ccc(-n8c9ccccc9c9cc(-c%10ccc%11c(c%10)c%10nc(-c%12ccccc%12)nc(-c%12ccccc%12)c%10n%11-c%10nc(-c%11ccccc%11)nc(-c%11ccccc%11)n%10)ccc98)cc7)c7c6oc6ccccc67)cc5)cc4)cc3)c2n1. The molecule has 0 spiro atoms. The summed E-state index contributed by atoms with van der Waals surface area (Å²) < 4.78 is 18.3. The Balaban J connectivity index is 0.486. The van der Waals surface area contributed by atoms with Gasteiger partial charge in [0.1, 0.15) is 33.0 Å². The summed E-state index contributed by atoms with van der Waals surface area (Å²) in [7, 11) is 0. The second-order valence-electron chi connectivity index (χ2n) is 37.0. The predicted molar refractivity (Wildman–Crippen MR) is 595 cm³/mol. The first-order valence-corrected chi connectivity index (χ1v) is 49.3. The number of hydrogen-bond donors (Lipinski definition) is 0. The van der Waals surface area contributed by atoms with Gasteiger partial charge in [-0.1, -0.05) is 345 Å². The molecule has 29 aromatic rings. The lowest BCUT2D eigenvalue weighted by atomic mass is 9.94. The van der Waals surface area contributed by atoms with Crippen molar-refractivity contribution in [3.05, 3.63) is 471 Å². The smallest absolute Gasteiger partial charge is 0.238 e. The molecule has 0 aliphatic heterocycles. The van der Waals surface area contributed by atoms with Gasteiger partial charge in [0, 0.05) is 110 Å². The molecule has 682 valence electrons. The molecule has 0 aliphatic carbocycles. The number of halogens is 2. The molecule has 10 heterocycles. The standard InChI is InChI=1S/C129H76Cl2N14O/c130-121-115-103-75-89(87-57-69-108-101(73-87)97-39-19-23-43-105(97)141(108)91-37-17-6-18-38-91)59-71-110(103)144(127(115)140-128(131)135-121)93-61-51-78(52-62-93)77-47-49-82(50-48-77)116-114-99-41-21-25-45-107(99)143(126(114)137-123(132-116)84-31-11-3-12-32-84)94-65-55-80(56-66-94)96-68-67-95(113-100-42-22-26-46-112(100)146-120(96)113)79-53-63-92(64-54-79)142-106-44-24-20-40-98(106)102-74-88(58-70-109(102)142)90-60-72-111-104(76-90)118-119(117(81-27-7-1-8-28-81)133-122(134-118)83-29-9-2-10-30-83)145(111)129-138-124(85-33-13-4-14-34-85)136-125(139-129)86-35-15-5-16-36-86/h1-76H. The second-order valence-corrected chi connectivity index (χ2v) is 37.7. The first kappa shape index (κ1) is 83.8. The Bertz CT molecular complexity index is 10300.